The molecule has 0 fully saturated rings. The monoisotopic (exact) mass is 172 g/mol. The van der Waals surface area contributed by atoms with Crippen LogP contribution in [0.4, 0.5) is 0 Å². The molecule has 0 spiro atoms. The summed E-state index contributed by atoms with van der Waals surface area (Å²) in [6.07, 6.45) is 0. The number of H-pyrrole nitrogens is 1. The van der Waals surface area contributed by atoms with Crippen LogP contribution >= 0.6 is 0 Å². The lowest BCUT2D eigenvalue weighted by Crippen LogP contribution is -2.04. The van der Waals surface area contributed by atoms with Crippen molar-refractivity contribution in [3.05, 3.63) is 45.7 Å². The number of benzene rings is 1. The molecule has 1 heterocycles. The summed E-state index contributed by atoms with van der Waals surface area (Å²) >= 11 is 0. The van der Waals surface area contributed by atoms with Crippen molar-refractivity contribution in [3.63, 3.8) is 0 Å². The first-order chi connectivity index (χ1) is 6.16. The van der Waals surface area contributed by atoms with E-state index in [4.69, 9.17) is 0 Å². The van der Waals surface area contributed by atoms with Gasteiger partial charge in [0, 0.05) is 17.0 Å². The maximum atomic E-state index is 11.1. The maximum Gasteiger partial charge on any atom is 0.248 e. The van der Waals surface area contributed by atoms with E-state index in [-0.39, 0.29) is 5.56 Å². The summed E-state index contributed by atoms with van der Waals surface area (Å²) in [5, 5.41) is 1.09. The van der Waals surface area contributed by atoms with Crippen LogP contribution in [0.1, 0.15) is 11.1 Å². The zero-order valence-corrected chi connectivity index (χ0v) is 7.64. The van der Waals surface area contributed by atoms with E-state index in [0.717, 1.165) is 22.0 Å². The molecule has 0 aliphatic carbocycles. The molecule has 13 heavy (non-hydrogen) atoms. The summed E-state index contributed by atoms with van der Waals surface area (Å²) < 4.78 is 0. The van der Waals surface area contributed by atoms with Crippen LogP contribution in [-0.2, 0) is 0 Å². The minimum absolute atomic E-state index is 0.0535. The van der Waals surface area contributed by atoms with Gasteiger partial charge in [-0.25, -0.2) is 0 Å². The molecule has 1 aromatic heterocycles. The molecular weight excluding hydrogens is 162 g/mol. The number of hydrogen-bond donors (Lipinski definition) is 1. The normalized spacial score (nSPS) is 10.6. The third-order valence-corrected chi connectivity index (χ3v) is 2.13. The molecule has 65 valence electrons. The Bertz CT molecular complexity index is 511. The fraction of sp³-hybridized carbons (Fsp3) is 0.182. The molecule has 0 saturated carbocycles. The Kier molecular flexibility index (Phi) is 1.69. The van der Waals surface area contributed by atoms with Crippen LogP contribution in [0.15, 0.2) is 23.0 Å². The summed E-state index contributed by atoms with van der Waals surface area (Å²) in [5.41, 5.74) is 2.90. The zero-order valence-electron chi connectivity index (χ0n) is 7.64. The van der Waals surface area contributed by atoms with Gasteiger partial charge >= 0.3 is 0 Å². The number of aromatic amines is 1. The molecule has 0 saturated heterocycles. The summed E-state index contributed by atoms with van der Waals surface area (Å²) in [6, 6.07) is 8.52. The summed E-state index contributed by atoms with van der Waals surface area (Å²) in [6.45, 7) is 3.93. The Labute approximate surface area is 76.2 Å². The van der Waals surface area contributed by atoms with Crippen LogP contribution in [-0.4, -0.2) is 4.98 Å². The number of aryl methyl sites for hydroxylation is 2. The SMILES string of the molecule is Cc1[c]cc2[nH]c(=O)cc(C)c2c1. The van der Waals surface area contributed by atoms with E-state index in [1.54, 1.807) is 6.07 Å². The fourth-order valence-corrected chi connectivity index (χ4v) is 1.47. The van der Waals surface area contributed by atoms with E-state index in [2.05, 4.69) is 11.1 Å². The first-order valence-corrected chi connectivity index (χ1v) is 4.19. The van der Waals surface area contributed by atoms with Gasteiger partial charge in [0.15, 0.2) is 0 Å². The molecule has 2 nitrogen and oxygen atoms in total. The second-order valence-corrected chi connectivity index (χ2v) is 3.26. The quantitative estimate of drug-likeness (QED) is 0.647. The molecule has 2 aromatic rings. The molecule has 1 aromatic carbocycles. The fourth-order valence-electron chi connectivity index (χ4n) is 1.47. The minimum atomic E-state index is -0.0535. The predicted molar refractivity (Wildman–Crippen MR) is 52.9 cm³/mol. The lowest BCUT2D eigenvalue weighted by molar-refractivity contribution is 1.27. The van der Waals surface area contributed by atoms with Crippen LogP contribution in [0.5, 0.6) is 0 Å². The molecule has 0 amide bonds. The van der Waals surface area contributed by atoms with Crippen molar-refractivity contribution in [3.8, 4) is 0 Å². The highest BCUT2D eigenvalue weighted by atomic mass is 16.1. The zero-order chi connectivity index (χ0) is 9.42. The van der Waals surface area contributed by atoms with E-state index in [1.165, 1.54) is 0 Å². The van der Waals surface area contributed by atoms with Crippen LogP contribution in [0.2, 0.25) is 0 Å². The van der Waals surface area contributed by atoms with E-state index in [1.807, 2.05) is 26.0 Å². The highest BCUT2D eigenvalue weighted by Gasteiger charge is 1.98. The highest BCUT2D eigenvalue weighted by Crippen LogP contribution is 2.14. The molecule has 1 radical (unpaired) electrons. The number of rotatable bonds is 0. The summed E-state index contributed by atoms with van der Waals surface area (Å²) in [7, 11) is 0. The Morgan fingerprint density at radius 1 is 1.31 bits per heavy atom. The van der Waals surface area contributed by atoms with Gasteiger partial charge < -0.3 is 4.98 Å². The molecule has 0 atom stereocenters. The Morgan fingerprint density at radius 2 is 2.08 bits per heavy atom. The van der Waals surface area contributed by atoms with Crippen molar-refractivity contribution in [1.29, 1.82) is 0 Å². The number of aromatic nitrogens is 1. The van der Waals surface area contributed by atoms with Gasteiger partial charge in [-0.05, 0) is 43.2 Å². The molecule has 0 aliphatic rings. The number of hydrogen-bond acceptors (Lipinski definition) is 1. The minimum Gasteiger partial charge on any atom is -0.322 e. The second-order valence-electron chi connectivity index (χ2n) is 3.26. The third-order valence-electron chi connectivity index (χ3n) is 2.13. The molecule has 0 unspecified atom stereocenters. The third kappa shape index (κ3) is 1.35. The Balaban J connectivity index is 2.95. The van der Waals surface area contributed by atoms with Gasteiger partial charge in [-0.2, -0.15) is 0 Å². The molecule has 0 aliphatic heterocycles. The van der Waals surface area contributed by atoms with E-state index in [0.29, 0.717) is 0 Å². The first-order valence-electron chi connectivity index (χ1n) is 4.19. The molecule has 2 heteroatoms. The van der Waals surface area contributed by atoms with Crippen molar-refractivity contribution in [2.24, 2.45) is 0 Å². The average molecular weight is 172 g/mol. The van der Waals surface area contributed by atoms with Crippen molar-refractivity contribution >= 4 is 10.9 Å². The van der Waals surface area contributed by atoms with E-state index >= 15 is 0 Å². The van der Waals surface area contributed by atoms with E-state index in [9.17, 15) is 4.79 Å². The van der Waals surface area contributed by atoms with E-state index < -0.39 is 0 Å². The summed E-state index contributed by atoms with van der Waals surface area (Å²) in [5.74, 6) is 0. The van der Waals surface area contributed by atoms with Crippen LogP contribution < -0.4 is 5.56 Å². The molecule has 0 bridgehead atoms. The first kappa shape index (κ1) is 8.05. The lowest BCUT2D eigenvalue weighted by Gasteiger charge is -2.01. The predicted octanol–water partition coefficient (Wildman–Crippen LogP) is 1.95. The standard InChI is InChI=1S/C11H10NO/c1-7-3-4-10-9(5-7)8(2)6-11(13)12-10/h4-6H,1-2H3,(H,12,13). The van der Waals surface area contributed by atoms with Crippen molar-refractivity contribution < 1.29 is 0 Å². The topological polar surface area (TPSA) is 32.9 Å². The Morgan fingerprint density at radius 3 is 2.85 bits per heavy atom. The van der Waals surface area contributed by atoms with Gasteiger partial charge in [-0.3, -0.25) is 4.79 Å². The molecule has 2 rings (SSSR count). The van der Waals surface area contributed by atoms with Gasteiger partial charge in [0.2, 0.25) is 5.56 Å². The number of nitrogens with one attached hydrogen (secondary N) is 1. The van der Waals surface area contributed by atoms with Gasteiger partial charge in [0.1, 0.15) is 0 Å². The largest absolute Gasteiger partial charge is 0.322 e. The van der Waals surface area contributed by atoms with Gasteiger partial charge in [0.05, 0.1) is 0 Å². The van der Waals surface area contributed by atoms with Crippen LogP contribution in [0, 0.1) is 19.9 Å². The van der Waals surface area contributed by atoms with Crippen LogP contribution in [0.25, 0.3) is 10.9 Å². The average Bonchev–Trinajstić information content (AvgIpc) is 2.06. The van der Waals surface area contributed by atoms with Crippen LogP contribution in [0.3, 0.4) is 0 Å². The van der Waals surface area contributed by atoms with Gasteiger partial charge in [-0.1, -0.05) is 0 Å². The van der Waals surface area contributed by atoms with Gasteiger partial charge in [0.25, 0.3) is 0 Å². The second kappa shape index (κ2) is 2.73. The van der Waals surface area contributed by atoms with Crippen molar-refractivity contribution in [2.45, 2.75) is 13.8 Å². The van der Waals surface area contributed by atoms with Gasteiger partial charge in [-0.15, -0.1) is 0 Å². The van der Waals surface area contributed by atoms with Crippen molar-refractivity contribution in [1.82, 2.24) is 4.98 Å². The Hall–Kier alpha value is -1.57. The highest BCUT2D eigenvalue weighted by molar-refractivity contribution is 5.82. The molecular formula is C11H10NO. The lowest BCUT2D eigenvalue weighted by atomic mass is 10.1. The summed E-state index contributed by atoms with van der Waals surface area (Å²) in [4.78, 5) is 13.9. The van der Waals surface area contributed by atoms with Crippen molar-refractivity contribution in [2.75, 3.05) is 0 Å². The number of fused-ring (bicyclic) bond motifs is 1. The smallest absolute Gasteiger partial charge is 0.248 e. The molecule has 1 N–H and O–H groups in total. The maximum absolute atomic E-state index is 11.1. The number of pyridine rings is 1.